The van der Waals surface area contributed by atoms with Gasteiger partial charge in [-0.25, -0.2) is 19.6 Å². The van der Waals surface area contributed by atoms with E-state index in [2.05, 4.69) is 51.2 Å². The molecular weight excluding hydrogens is 318 g/mol. The SMILES string of the molecule is Cc1cc(C)c(-n2cccn2)c(-c2nccn2Cc2n[nH]c(=O)[nH]2)c1. The van der Waals surface area contributed by atoms with E-state index in [9.17, 15) is 4.79 Å². The highest BCUT2D eigenvalue weighted by atomic mass is 16.1. The molecule has 2 N–H and O–H groups in total. The Balaban J connectivity index is 1.86. The minimum absolute atomic E-state index is 0.319. The van der Waals surface area contributed by atoms with Crippen molar-refractivity contribution >= 4 is 0 Å². The first-order valence-corrected chi connectivity index (χ1v) is 7.88. The Bertz CT molecular complexity index is 1070. The maximum Gasteiger partial charge on any atom is 0.340 e. The molecule has 0 aliphatic rings. The summed E-state index contributed by atoms with van der Waals surface area (Å²) in [5.74, 6) is 1.34. The average Bonchev–Trinajstić information content (AvgIpc) is 3.29. The van der Waals surface area contributed by atoms with Crippen LogP contribution in [-0.4, -0.2) is 34.5 Å². The lowest BCUT2D eigenvalue weighted by atomic mass is 10.0. The van der Waals surface area contributed by atoms with Crippen LogP contribution in [0.1, 0.15) is 17.0 Å². The van der Waals surface area contributed by atoms with Gasteiger partial charge in [0.15, 0.2) is 5.82 Å². The summed E-state index contributed by atoms with van der Waals surface area (Å²) < 4.78 is 3.80. The van der Waals surface area contributed by atoms with Crippen LogP contribution in [-0.2, 0) is 6.54 Å². The molecule has 0 atom stereocenters. The highest BCUT2D eigenvalue weighted by Gasteiger charge is 2.16. The Kier molecular flexibility index (Phi) is 3.57. The van der Waals surface area contributed by atoms with Crippen molar-refractivity contribution in [3.05, 3.63) is 70.4 Å². The zero-order chi connectivity index (χ0) is 17.4. The minimum Gasteiger partial charge on any atom is -0.323 e. The van der Waals surface area contributed by atoms with Gasteiger partial charge in [-0.05, 0) is 37.1 Å². The summed E-state index contributed by atoms with van der Waals surface area (Å²) in [6.45, 7) is 4.54. The molecule has 0 amide bonds. The van der Waals surface area contributed by atoms with Crippen molar-refractivity contribution in [2.45, 2.75) is 20.4 Å². The maximum absolute atomic E-state index is 11.3. The second-order valence-electron chi connectivity index (χ2n) is 5.93. The number of hydrogen-bond acceptors (Lipinski definition) is 4. The molecule has 1 aromatic carbocycles. The number of aryl methyl sites for hydroxylation is 2. The predicted molar refractivity (Wildman–Crippen MR) is 92.6 cm³/mol. The molecule has 0 bridgehead atoms. The van der Waals surface area contributed by atoms with Gasteiger partial charge in [0, 0.05) is 30.4 Å². The smallest absolute Gasteiger partial charge is 0.323 e. The number of hydrogen-bond donors (Lipinski definition) is 2. The van der Waals surface area contributed by atoms with Gasteiger partial charge in [-0.15, -0.1) is 0 Å². The fourth-order valence-corrected chi connectivity index (χ4v) is 3.06. The van der Waals surface area contributed by atoms with Crippen LogP contribution in [0.5, 0.6) is 0 Å². The molecule has 0 saturated heterocycles. The number of nitrogens with zero attached hydrogens (tertiary/aromatic N) is 5. The summed E-state index contributed by atoms with van der Waals surface area (Å²) in [5.41, 5.74) is 3.90. The molecule has 25 heavy (non-hydrogen) atoms. The van der Waals surface area contributed by atoms with Gasteiger partial charge >= 0.3 is 5.69 Å². The van der Waals surface area contributed by atoms with Crippen molar-refractivity contribution in [1.29, 1.82) is 0 Å². The third kappa shape index (κ3) is 2.78. The quantitative estimate of drug-likeness (QED) is 0.594. The molecule has 4 rings (SSSR count). The largest absolute Gasteiger partial charge is 0.340 e. The van der Waals surface area contributed by atoms with Crippen molar-refractivity contribution in [3.8, 4) is 17.1 Å². The third-order valence-electron chi connectivity index (χ3n) is 4.01. The topological polar surface area (TPSA) is 97.2 Å². The van der Waals surface area contributed by atoms with Crippen LogP contribution in [0.15, 0.2) is 47.8 Å². The first kappa shape index (κ1) is 15.1. The van der Waals surface area contributed by atoms with Crippen LogP contribution in [0.3, 0.4) is 0 Å². The summed E-state index contributed by atoms with van der Waals surface area (Å²) in [7, 11) is 0. The number of imidazole rings is 1. The first-order chi connectivity index (χ1) is 12.1. The van der Waals surface area contributed by atoms with Crippen molar-refractivity contribution < 1.29 is 0 Å². The van der Waals surface area contributed by atoms with E-state index < -0.39 is 0 Å². The third-order valence-corrected chi connectivity index (χ3v) is 4.01. The van der Waals surface area contributed by atoms with Gasteiger partial charge in [-0.3, -0.25) is 4.98 Å². The minimum atomic E-state index is -0.319. The van der Waals surface area contributed by atoms with Crippen molar-refractivity contribution in [3.63, 3.8) is 0 Å². The molecule has 8 nitrogen and oxygen atoms in total. The van der Waals surface area contributed by atoms with Gasteiger partial charge in [0.1, 0.15) is 5.82 Å². The fraction of sp³-hybridized carbons (Fsp3) is 0.176. The van der Waals surface area contributed by atoms with Gasteiger partial charge in [0.25, 0.3) is 0 Å². The lowest BCUT2D eigenvalue weighted by molar-refractivity contribution is 0.752. The molecule has 126 valence electrons. The normalized spacial score (nSPS) is 11.1. The van der Waals surface area contributed by atoms with Gasteiger partial charge in [0.05, 0.1) is 12.2 Å². The molecule has 0 aliphatic heterocycles. The van der Waals surface area contributed by atoms with E-state index in [0.29, 0.717) is 12.4 Å². The van der Waals surface area contributed by atoms with E-state index >= 15 is 0 Å². The van der Waals surface area contributed by atoms with Gasteiger partial charge in [-0.2, -0.15) is 10.2 Å². The molecule has 3 aromatic heterocycles. The zero-order valence-electron chi connectivity index (χ0n) is 13.9. The summed E-state index contributed by atoms with van der Waals surface area (Å²) in [6.07, 6.45) is 7.28. The molecular formula is C17H17N7O. The number of nitrogens with one attached hydrogen (secondary N) is 2. The molecule has 4 aromatic rings. The predicted octanol–water partition coefficient (Wildman–Crippen LogP) is 1.81. The fourth-order valence-electron chi connectivity index (χ4n) is 3.06. The zero-order valence-corrected chi connectivity index (χ0v) is 13.9. The van der Waals surface area contributed by atoms with Crippen LogP contribution < -0.4 is 5.69 Å². The molecule has 3 heterocycles. The number of rotatable bonds is 4. The number of aromatic nitrogens is 7. The molecule has 0 aliphatic carbocycles. The molecule has 0 spiro atoms. The number of H-pyrrole nitrogens is 2. The molecule has 0 radical (unpaired) electrons. The van der Waals surface area contributed by atoms with Gasteiger partial charge in [0.2, 0.25) is 0 Å². The van der Waals surface area contributed by atoms with Crippen LogP contribution in [0, 0.1) is 13.8 Å². The van der Waals surface area contributed by atoms with Gasteiger partial charge in [-0.1, -0.05) is 6.07 Å². The summed E-state index contributed by atoms with van der Waals surface area (Å²) in [5, 5.41) is 10.7. The Morgan fingerprint density at radius 2 is 2.04 bits per heavy atom. The van der Waals surface area contributed by atoms with E-state index in [1.807, 2.05) is 27.7 Å². The second kappa shape index (κ2) is 5.90. The monoisotopic (exact) mass is 335 g/mol. The van der Waals surface area contributed by atoms with Crippen molar-refractivity contribution in [1.82, 2.24) is 34.5 Å². The summed E-state index contributed by atoms with van der Waals surface area (Å²) >= 11 is 0. The number of benzene rings is 1. The number of aromatic amines is 2. The average molecular weight is 335 g/mol. The molecule has 0 saturated carbocycles. The Labute approximate surface area is 143 Å². The second-order valence-corrected chi connectivity index (χ2v) is 5.93. The molecule has 0 unspecified atom stereocenters. The highest BCUT2D eigenvalue weighted by molar-refractivity contribution is 5.71. The molecule has 0 fully saturated rings. The van der Waals surface area contributed by atoms with Crippen molar-refractivity contribution in [2.75, 3.05) is 0 Å². The van der Waals surface area contributed by atoms with Crippen LogP contribution >= 0.6 is 0 Å². The van der Waals surface area contributed by atoms with Crippen LogP contribution in [0.2, 0.25) is 0 Å². The van der Waals surface area contributed by atoms with E-state index in [-0.39, 0.29) is 5.69 Å². The first-order valence-electron chi connectivity index (χ1n) is 7.88. The maximum atomic E-state index is 11.3. The summed E-state index contributed by atoms with van der Waals surface area (Å²) in [4.78, 5) is 18.5. The highest BCUT2D eigenvalue weighted by Crippen LogP contribution is 2.29. The van der Waals surface area contributed by atoms with Crippen molar-refractivity contribution in [2.24, 2.45) is 0 Å². The summed E-state index contributed by atoms with van der Waals surface area (Å²) in [6, 6.07) is 6.11. The van der Waals surface area contributed by atoms with E-state index in [0.717, 1.165) is 28.2 Å². The Morgan fingerprint density at radius 3 is 2.76 bits per heavy atom. The van der Waals surface area contributed by atoms with E-state index in [1.165, 1.54) is 0 Å². The Hall–Kier alpha value is -3.42. The lowest BCUT2D eigenvalue weighted by Crippen LogP contribution is -2.08. The van der Waals surface area contributed by atoms with Crippen LogP contribution in [0.4, 0.5) is 0 Å². The van der Waals surface area contributed by atoms with E-state index in [1.54, 1.807) is 12.4 Å². The van der Waals surface area contributed by atoms with E-state index in [4.69, 9.17) is 0 Å². The Morgan fingerprint density at radius 1 is 1.16 bits per heavy atom. The lowest BCUT2D eigenvalue weighted by Gasteiger charge is -2.15. The molecule has 8 heteroatoms. The van der Waals surface area contributed by atoms with Crippen LogP contribution in [0.25, 0.3) is 17.1 Å². The van der Waals surface area contributed by atoms with Gasteiger partial charge < -0.3 is 4.57 Å². The standard InChI is InChI=1S/C17H17N7O/c1-11-8-12(2)15(24-6-3-4-19-24)13(9-11)16-18-5-7-23(16)10-14-20-17(25)22-21-14/h3-9H,10H2,1-2H3,(H2,20,21,22,25).